The molecular formula is C10H17N3O2S. The monoisotopic (exact) mass is 243 g/mol. The predicted molar refractivity (Wildman–Crippen MR) is 65.0 cm³/mol. The lowest BCUT2D eigenvalue weighted by molar-refractivity contribution is 0.449. The molecule has 0 spiro atoms. The smallest absolute Gasteiger partial charge is 0.261 e. The summed E-state index contributed by atoms with van der Waals surface area (Å²) in [7, 11) is 1.37. The number of hydrogen-bond donors (Lipinski definition) is 2. The van der Waals surface area contributed by atoms with Gasteiger partial charge in [0, 0.05) is 6.04 Å². The van der Waals surface area contributed by atoms with E-state index in [0.717, 1.165) is 17.8 Å². The Balaban J connectivity index is 2.97. The first-order valence-corrected chi connectivity index (χ1v) is 6.14. The third-order valence-corrected chi connectivity index (χ3v) is 2.83. The Morgan fingerprint density at radius 1 is 1.62 bits per heavy atom. The highest BCUT2D eigenvalue weighted by atomic mass is 32.2. The van der Waals surface area contributed by atoms with Crippen molar-refractivity contribution in [2.45, 2.75) is 26.3 Å². The van der Waals surface area contributed by atoms with E-state index >= 15 is 0 Å². The minimum absolute atomic E-state index is 0.104. The third kappa shape index (κ3) is 3.26. The van der Waals surface area contributed by atoms with Crippen molar-refractivity contribution in [1.29, 1.82) is 0 Å². The summed E-state index contributed by atoms with van der Waals surface area (Å²) < 4.78 is 18.6. The summed E-state index contributed by atoms with van der Waals surface area (Å²) in [5.74, 6) is 0. The second-order valence-electron chi connectivity index (χ2n) is 3.38. The summed E-state index contributed by atoms with van der Waals surface area (Å²) >= 11 is -1.53. The van der Waals surface area contributed by atoms with Crippen LogP contribution >= 0.6 is 0 Å². The van der Waals surface area contributed by atoms with Crippen molar-refractivity contribution in [1.82, 2.24) is 4.98 Å². The highest BCUT2D eigenvalue weighted by Gasteiger charge is 2.08. The van der Waals surface area contributed by atoms with E-state index < -0.39 is 11.3 Å². The Morgan fingerprint density at radius 2 is 2.31 bits per heavy atom. The average Bonchev–Trinajstić information content (AvgIpc) is 2.29. The fourth-order valence-corrected chi connectivity index (χ4v) is 1.71. The van der Waals surface area contributed by atoms with Gasteiger partial charge in [0.25, 0.3) is 11.3 Å². The number of nitrogens with two attached hydrogens (primary N) is 1. The van der Waals surface area contributed by atoms with E-state index in [1.165, 1.54) is 7.11 Å². The minimum Gasteiger partial charge on any atom is -0.323 e. The van der Waals surface area contributed by atoms with Crippen LogP contribution in [0.25, 0.3) is 0 Å². The molecule has 16 heavy (non-hydrogen) atoms. The molecule has 0 aromatic carbocycles. The molecule has 3 N–H and O–H groups in total. The first-order chi connectivity index (χ1) is 7.58. The summed E-state index contributed by atoms with van der Waals surface area (Å²) in [6.07, 6.45) is 0.740. The predicted octanol–water partition coefficient (Wildman–Crippen LogP) is 1.30. The number of aromatic nitrogens is 1. The molecule has 0 saturated carbocycles. The Morgan fingerprint density at radius 3 is 2.81 bits per heavy atom. The van der Waals surface area contributed by atoms with Gasteiger partial charge in [-0.25, -0.2) is 4.21 Å². The molecular weight excluding hydrogens is 226 g/mol. The maximum absolute atomic E-state index is 11.2. The van der Waals surface area contributed by atoms with Gasteiger partial charge in [-0.15, -0.1) is 0 Å². The van der Waals surface area contributed by atoms with Gasteiger partial charge >= 0.3 is 0 Å². The molecule has 0 saturated heterocycles. The highest BCUT2D eigenvalue weighted by Crippen LogP contribution is 2.18. The number of nitrogens with zero attached hydrogens (tertiary/aromatic N) is 1. The largest absolute Gasteiger partial charge is 0.323 e. The Labute approximate surface area is 98.2 Å². The summed E-state index contributed by atoms with van der Waals surface area (Å²) in [6.45, 7) is 3.86. The summed E-state index contributed by atoms with van der Waals surface area (Å²) in [5.41, 5.74) is 8.12. The van der Waals surface area contributed by atoms with E-state index in [2.05, 4.69) is 13.9 Å². The minimum atomic E-state index is -1.53. The van der Waals surface area contributed by atoms with Crippen molar-refractivity contribution >= 4 is 17.0 Å². The zero-order valence-corrected chi connectivity index (χ0v) is 10.5. The fraction of sp³-hybridized carbons (Fsp3) is 0.500. The standard InChI is InChI=1S/C10H17N3O2S/c1-4-8-10(13-16(14)15-3)6-5-9(12-8)7(2)11/h5-7,13H,4,11H2,1-3H3. The van der Waals surface area contributed by atoms with Crippen molar-refractivity contribution in [3.63, 3.8) is 0 Å². The summed E-state index contributed by atoms with van der Waals surface area (Å²) in [4.78, 5) is 4.40. The van der Waals surface area contributed by atoms with Crippen molar-refractivity contribution in [2.75, 3.05) is 11.8 Å². The highest BCUT2D eigenvalue weighted by molar-refractivity contribution is 7.81. The van der Waals surface area contributed by atoms with E-state index in [-0.39, 0.29) is 6.04 Å². The Kier molecular flexibility index (Phi) is 4.85. The first kappa shape index (κ1) is 13.1. The van der Waals surface area contributed by atoms with Crippen molar-refractivity contribution in [2.24, 2.45) is 5.73 Å². The normalized spacial score (nSPS) is 14.5. The van der Waals surface area contributed by atoms with Crippen LogP contribution in [0, 0.1) is 0 Å². The molecule has 5 nitrogen and oxygen atoms in total. The van der Waals surface area contributed by atoms with Gasteiger partial charge in [0.2, 0.25) is 0 Å². The molecule has 0 aliphatic rings. The molecule has 1 aromatic heterocycles. The van der Waals surface area contributed by atoms with Gasteiger partial charge in [0.1, 0.15) is 0 Å². The molecule has 90 valence electrons. The topological polar surface area (TPSA) is 77.2 Å². The van der Waals surface area contributed by atoms with Crippen LogP contribution in [0.3, 0.4) is 0 Å². The molecule has 1 aromatic rings. The number of anilines is 1. The van der Waals surface area contributed by atoms with E-state index in [4.69, 9.17) is 5.73 Å². The van der Waals surface area contributed by atoms with Gasteiger partial charge in [-0.3, -0.25) is 13.9 Å². The van der Waals surface area contributed by atoms with Gasteiger partial charge in [-0.2, -0.15) is 0 Å². The molecule has 1 heterocycles. The van der Waals surface area contributed by atoms with Crippen LogP contribution in [0.4, 0.5) is 5.69 Å². The number of hydrogen-bond acceptors (Lipinski definition) is 4. The Bertz CT molecular complexity index is 382. The molecule has 0 amide bonds. The second-order valence-corrected chi connectivity index (χ2v) is 4.38. The number of aryl methyl sites for hydroxylation is 1. The van der Waals surface area contributed by atoms with Gasteiger partial charge in [-0.1, -0.05) is 6.92 Å². The molecule has 6 heteroatoms. The van der Waals surface area contributed by atoms with Gasteiger partial charge < -0.3 is 5.73 Å². The molecule has 0 radical (unpaired) electrons. The van der Waals surface area contributed by atoms with E-state index in [0.29, 0.717) is 5.69 Å². The SMILES string of the molecule is CCc1nc(C(C)N)ccc1NS(=O)OC. The quantitative estimate of drug-likeness (QED) is 0.817. The molecule has 2 atom stereocenters. The number of rotatable bonds is 5. The number of pyridine rings is 1. The lowest BCUT2D eigenvalue weighted by Gasteiger charge is -2.11. The van der Waals surface area contributed by atoms with Crippen molar-refractivity contribution in [3.05, 3.63) is 23.5 Å². The lowest BCUT2D eigenvalue weighted by atomic mass is 10.2. The third-order valence-electron chi connectivity index (χ3n) is 2.14. The van der Waals surface area contributed by atoms with Crippen LogP contribution in [-0.2, 0) is 21.9 Å². The first-order valence-electron chi connectivity index (χ1n) is 5.06. The molecule has 0 aliphatic heterocycles. The maximum Gasteiger partial charge on any atom is 0.261 e. The van der Waals surface area contributed by atoms with Crippen LogP contribution in [0.2, 0.25) is 0 Å². The molecule has 1 rings (SSSR count). The van der Waals surface area contributed by atoms with Crippen LogP contribution in [0.5, 0.6) is 0 Å². The van der Waals surface area contributed by atoms with E-state index in [1.54, 1.807) is 0 Å². The van der Waals surface area contributed by atoms with Crippen molar-refractivity contribution < 1.29 is 8.39 Å². The van der Waals surface area contributed by atoms with E-state index in [9.17, 15) is 4.21 Å². The summed E-state index contributed by atoms with van der Waals surface area (Å²) in [5, 5.41) is 0. The van der Waals surface area contributed by atoms with Crippen LogP contribution < -0.4 is 10.5 Å². The zero-order valence-electron chi connectivity index (χ0n) is 9.69. The Hall–Kier alpha value is -0.980. The fourth-order valence-electron chi connectivity index (χ4n) is 1.27. The molecule has 0 fully saturated rings. The van der Waals surface area contributed by atoms with Crippen LogP contribution in [0.1, 0.15) is 31.3 Å². The second kappa shape index (κ2) is 5.93. The van der Waals surface area contributed by atoms with Crippen molar-refractivity contribution in [3.8, 4) is 0 Å². The summed E-state index contributed by atoms with van der Waals surface area (Å²) in [6, 6.07) is 3.53. The van der Waals surface area contributed by atoms with Crippen LogP contribution in [-0.4, -0.2) is 16.3 Å². The van der Waals surface area contributed by atoms with Gasteiger partial charge in [0.15, 0.2) is 0 Å². The average molecular weight is 243 g/mol. The van der Waals surface area contributed by atoms with Gasteiger partial charge in [-0.05, 0) is 25.5 Å². The van der Waals surface area contributed by atoms with E-state index in [1.807, 2.05) is 26.0 Å². The van der Waals surface area contributed by atoms with Gasteiger partial charge in [0.05, 0.1) is 24.2 Å². The number of nitrogens with one attached hydrogen (secondary N) is 1. The molecule has 0 aliphatic carbocycles. The van der Waals surface area contributed by atoms with Crippen LogP contribution in [0.15, 0.2) is 12.1 Å². The molecule has 2 unspecified atom stereocenters. The zero-order chi connectivity index (χ0) is 12.1. The lowest BCUT2D eigenvalue weighted by Crippen LogP contribution is -2.12. The molecule has 0 bridgehead atoms. The maximum atomic E-state index is 11.2.